The normalized spacial score (nSPS) is 11.0. The zero-order valence-electron chi connectivity index (χ0n) is 12.7. The molecule has 0 aliphatic rings. The summed E-state index contributed by atoms with van der Waals surface area (Å²) in [6.45, 7) is 5.09. The molecule has 0 atom stereocenters. The van der Waals surface area contributed by atoms with E-state index < -0.39 is 0 Å². The molecule has 0 saturated heterocycles. The smallest absolute Gasteiger partial charge is 0.263 e. The van der Waals surface area contributed by atoms with Crippen molar-refractivity contribution in [2.75, 3.05) is 18.1 Å². The quantitative estimate of drug-likeness (QED) is 0.778. The van der Waals surface area contributed by atoms with Gasteiger partial charge in [0.15, 0.2) is 0 Å². The first-order valence-corrected chi connectivity index (χ1v) is 7.17. The van der Waals surface area contributed by atoms with Gasteiger partial charge in [-0.25, -0.2) is 4.98 Å². The summed E-state index contributed by atoms with van der Waals surface area (Å²) in [5.74, 6) is 0.735. The molecule has 22 heavy (non-hydrogen) atoms. The molecule has 0 fully saturated rings. The number of aliphatic hydroxyl groups is 1. The van der Waals surface area contributed by atoms with Gasteiger partial charge in [-0.1, -0.05) is 35.0 Å². The van der Waals surface area contributed by atoms with E-state index in [-0.39, 0.29) is 6.61 Å². The van der Waals surface area contributed by atoms with Gasteiger partial charge in [0.1, 0.15) is 17.5 Å². The molecule has 0 amide bonds. The van der Waals surface area contributed by atoms with Gasteiger partial charge in [-0.2, -0.15) is 4.98 Å². The average molecular weight is 298 g/mol. The standard InChI is InChI=1S/C16H18N4O2/c1-11-3-5-13(6-4-11)9-20(7-8-21)15-14-12(2)19-22-16(14)18-10-17-15/h3-6,10,21H,7-9H2,1-2H3. The molecule has 114 valence electrons. The maximum absolute atomic E-state index is 9.39. The lowest BCUT2D eigenvalue weighted by Crippen LogP contribution is -2.27. The Morgan fingerprint density at radius 1 is 1.14 bits per heavy atom. The third-order valence-electron chi connectivity index (χ3n) is 3.59. The Balaban J connectivity index is 1.99. The number of fused-ring (bicyclic) bond motifs is 1. The predicted octanol–water partition coefficient (Wildman–Crippen LogP) is 2.23. The van der Waals surface area contributed by atoms with Gasteiger partial charge >= 0.3 is 0 Å². The van der Waals surface area contributed by atoms with E-state index in [1.165, 1.54) is 11.9 Å². The lowest BCUT2D eigenvalue weighted by Gasteiger charge is -2.23. The number of aryl methyl sites for hydroxylation is 2. The van der Waals surface area contributed by atoms with Crippen LogP contribution in [0.15, 0.2) is 35.1 Å². The summed E-state index contributed by atoms with van der Waals surface area (Å²) < 4.78 is 5.19. The summed E-state index contributed by atoms with van der Waals surface area (Å²) in [5.41, 5.74) is 3.59. The Morgan fingerprint density at radius 2 is 1.91 bits per heavy atom. The van der Waals surface area contributed by atoms with E-state index in [0.717, 1.165) is 22.5 Å². The van der Waals surface area contributed by atoms with Gasteiger partial charge in [0, 0.05) is 13.1 Å². The van der Waals surface area contributed by atoms with E-state index in [0.29, 0.717) is 18.8 Å². The van der Waals surface area contributed by atoms with Gasteiger partial charge in [-0.15, -0.1) is 0 Å². The third kappa shape index (κ3) is 2.78. The van der Waals surface area contributed by atoms with Crippen molar-refractivity contribution < 1.29 is 9.63 Å². The molecule has 0 aliphatic carbocycles. The summed E-state index contributed by atoms with van der Waals surface area (Å²) in [4.78, 5) is 10.5. The maximum atomic E-state index is 9.39. The van der Waals surface area contributed by atoms with Crippen LogP contribution in [0.5, 0.6) is 0 Å². The highest BCUT2D eigenvalue weighted by atomic mass is 16.5. The van der Waals surface area contributed by atoms with E-state index >= 15 is 0 Å². The number of aliphatic hydroxyl groups excluding tert-OH is 1. The molecule has 2 aromatic heterocycles. The number of rotatable bonds is 5. The van der Waals surface area contributed by atoms with Crippen molar-refractivity contribution >= 4 is 16.9 Å². The number of benzene rings is 1. The highest BCUT2D eigenvalue weighted by Crippen LogP contribution is 2.26. The van der Waals surface area contributed by atoms with Crippen molar-refractivity contribution in [3.63, 3.8) is 0 Å². The molecule has 3 rings (SSSR count). The Kier molecular flexibility index (Phi) is 4.02. The molecule has 3 aromatic rings. The van der Waals surface area contributed by atoms with Crippen LogP contribution in [-0.2, 0) is 6.54 Å². The number of aromatic nitrogens is 3. The van der Waals surface area contributed by atoms with Crippen LogP contribution in [0, 0.1) is 13.8 Å². The first-order chi connectivity index (χ1) is 10.7. The van der Waals surface area contributed by atoms with Gasteiger partial charge in [0.2, 0.25) is 0 Å². The van der Waals surface area contributed by atoms with Crippen molar-refractivity contribution in [3.05, 3.63) is 47.4 Å². The number of anilines is 1. The number of hydrogen-bond acceptors (Lipinski definition) is 6. The zero-order chi connectivity index (χ0) is 15.5. The molecule has 0 radical (unpaired) electrons. The Bertz CT molecular complexity index is 767. The highest BCUT2D eigenvalue weighted by Gasteiger charge is 2.17. The minimum absolute atomic E-state index is 0.0433. The molecule has 6 nitrogen and oxygen atoms in total. The molecule has 1 N–H and O–H groups in total. The van der Waals surface area contributed by atoms with E-state index in [2.05, 4.69) is 46.3 Å². The largest absolute Gasteiger partial charge is 0.395 e. The fourth-order valence-corrected chi connectivity index (χ4v) is 2.44. The second kappa shape index (κ2) is 6.11. The molecular weight excluding hydrogens is 280 g/mol. The summed E-state index contributed by atoms with van der Waals surface area (Å²) in [7, 11) is 0. The molecule has 0 bridgehead atoms. The van der Waals surface area contributed by atoms with Gasteiger partial charge < -0.3 is 14.5 Å². The van der Waals surface area contributed by atoms with Crippen LogP contribution < -0.4 is 4.90 Å². The summed E-state index contributed by atoms with van der Waals surface area (Å²) in [6, 6.07) is 8.32. The SMILES string of the molecule is Cc1ccc(CN(CCO)c2ncnc3onc(C)c23)cc1. The van der Waals surface area contributed by atoms with Crippen molar-refractivity contribution in [2.45, 2.75) is 20.4 Å². The van der Waals surface area contributed by atoms with Crippen molar-refractivity contribution in [1.82, 2.24) is 15.1 Å². The molecule has 0 aliphatic heterocycles. The van der Waals surface area contributed by atoms with Gasteiger partial charge in [0.05, 0.1) is 12.3 Å². The first kappa shape index (κ1) is 14.5. The average Bonchev–Trinajstić information content (AvgIpc) is 2.91. The molecule has 1 aromatic carbocycles. The Labute approximate surface area is 128 Å². The van der Waals surface area contributed by atoms with E-state index in [1.807, 2.05) is 11.8 Å². The monoisotopic (exact) mass is 298 g/mol. The van der Waals surface area contributed by atoms with E-state index in [9.17, 15) is 5.11 Å². The van der Waals surface area contributed by atoms with Crippen LogP contribution in [0.2, 0.25) is 0 Å². The van der Waals surface area contributed by atoms with Crippen LogP contribution in [0.4, 0.5) is 5.82 Å². The molecule has 0 spiro atoms. The van der Waals surface area contributed by atoms with Crippen molar-refractivity contribution in [3.8, 4) is 0 Å². The summed E-state index contributed by atoms with van der Waals surface area (Å²) >= 11 is 0. The van der Waals surface area contributed by atoms with Crippen LogP contribution in [0.25, 0.3) is 11.1 Å². The summed E-state index contributed by atoms with van der Waals surface area (Å²) in [6.07, 6.45) is 1.46. The minimum Gasteiger partial charge on any atom is -0.395 e. The van der Waals surface area contributed by atoms with Gasteiger partial charge in [-0.05, 0) is 19.4 Å². The van der Waals surface area contributed by atoms with Crippen LogP contribution in [0.3, 0.4) is 0 Å². The van der Waals surface area contributed by atoms with Crippen molar-refractivity contribution in [1.29, 1.82) is 0 Å². The predicted molar refractivity (Wildman–Crippen MR) is 83.7 cm³/mol. The van der Waals surface area contributed by atoms with Crippen molar-refractivity contribution in [2.24, 2.45) is 0 Å². The van der Waals surface area contributed by atoms with Gasteiger partial charge in [0.25, 0.3) is 5.71 Å². The van der Waals surface area contributed by atoms with Crippen LogP contribution in [-0.4, -0.2) is 33.4 Å². The lowest BCUT2D eigenvalue weighted by atomic mass is 10.1. The zero-order valence-corrected chi connectivity index (χ0v) is 12.7. The van der Waals surface area contributed by atoms with Crippen LogP contribution >= 0.6 is 0 Å². The fraction of sp³-hybridized carbons (Fsp3) is 0.312. The molecule has 6 heteroatoms. The van der Waals surface area contributed by atoms with Crippen LogP contribution in [0.1, 0.15) is 16.8 Å². The molecule has 2 heterocycles. The van der Waals surface area contributed by atoms with E-state index in [4.69, 9.17) is 4.52 Å². The minimum atomic E-state index is 0.0433. The molecular formula is C16H18N4O2. The maximum Gasteiger partial charge on any atom is 0.263 e. The second-order valence-electron chi connectivity index (χ2n) is 5.28. The van der Waals surface area contributed by atoms with E-state index in [1.54, 1.807) is 0 Å². The lowest BCUT2D eigenvalue weighted by molar-refractivity contribution is 0.301. The Morgan fingerprint density at radius 3 is 2.64 bits per heavy atom. The fourth-order valence-electron chi connectivity index (χ4n) is 2.44. The number of hydrogen-bond donors (Lipinski definition) is 1. The topological polar surface area (TPSA) is 75.3 Å². The molecule has 0 unspecified atom stereocenters. The highest BCUT2D eigenvalue weighted by molar-refractivity contribution is 5.87. The third-order valence-corrected chi connectivity index (χ3v) is 3.59. The van der Waals surface area contributed by atoms with Gasteiger partial charge in [-0.3, -0.25) is 0 Å². The number of nitrogens with zero attached hydrogens (tertiary/aromatic N) is 4. The summed E-state index contributed by atoms with van der Waals surface area (Å²) in [5, 5.41) is 14.1. The second-order valence-corrected chi connectivity index (χ2v) is 5.28. The molecule has 0 saturated carbocycles. The first-order valence-electron chi connectivity index (χ1n) is 7.17. The Hall–Kier alpha value is -2.47.